The predicted molar refractivity (Wildman–Crippen MR) is 52.3 cm³/mol. The Morgan fingerprint density at radius 3 is 2.73 bits per heavy atom. The van der Waals surface area contributed by atoms with Gasteiger partial charge in [-0.05, 0) is 24.6 Å². The highest BCUT2D eigenvalue weighted by Gasteiger charge is 2.38. The minimum absolute atomic E-state index is 0.210. The van der Waals surface area contributed by atoms with Gasteiger partial charge in [0.05, 0.1) is 19.8 Å². The summed E-state index contributed by atoms with van der Waals surface area (Å²) in [5.41, 5.74) is -0.536. The lowest BCUT2D eigenvalue weighted by Gasteiger charge is -2.36. The highest BCUT2D eigenvalue weighted by atomic mass is 19.1. The lowest BCUT2D eigenvalue weighted by Crippen LogP contribution is -2.46. The first-order chi connectivity index (χ1) is 7.14. The number of benzene rings is 1. The molecule has 15 heavy (non-hydrogen) atoms. The Hall–Kier alpha value is -1.13. The fourth-order valence-electron chi connectivity index (χ4n) is 1.54. The van der Waals surface area contributed by atoms with Crippen LogP contribution in [0, 0.1) is 5.82 Å². The minimum atomic E-state index is -1.05. The summed E-state index contributed by atoms with van der Waals surface area (Å²) in [6.45, 7) is 2.72. The number of hydrogen-bond donors (Lipinski definition) is 1. The molecule has 4 heteroatoms. The molecule has 0 atom stereocenters. The number of ether oxygens (including phenoxy) is 2. The first-order valence-corrected chi connectivity index (χ1v) is 4.88. The third kappa shape index (κ3) is 1.96. The summed E-state index contributed by atoms with van der Waals surface area (Å²) in [5.74, 6) is 0.0316. The van der Waals surface area contributed by atoms with Crippen molar-refractivity contribution in [2.75, 3.05) is 19.8 Å². The van der Waals surface area contributed by atoms with Gasteiger partial charge in [0.15, 0.2) is 0 Å². The zero-order chi connectivity index (χ0) is 10.9. The van der Waals surface area contributed by atoms with E-state index in [-0.39, 0.29) is 13.2 Å². The second-order valence-corrected chi connectivity index (χ2v) is 3.63. The largest absolute Gasteiger partial charge is 0.494 e. The Labute approximate surface area is 87.4 Å². The minimum Gasteiger partial charge on any atom is -0.494 e. The van der Waals surface area contributed by atoms with Gasteiger partial charge in [-0.1, -0.05) is 0 Å². The van der Waals surface area contributed by atoms with Gasteiger partial charge in [0, 0.05) is 6.07 Å². The van der Waals surface area contributed by atoms with E-state index < -0.39 is 11.4 Å². The molecule has 0 aliphatic carbocycles. The molecule has 1 heterocycles. The molecule has 3 nitrogen and oxygen atoms in total. The van der Waals surface area contributed by atoms with Gasteiger partial charge >= 0.3 is 0 Å². The van der Waals surface area contributed by atoms with Crippen molar-refractivity contribution < 1.29 is 19.0 Å². The van der Waals surface area contributed by atoms with Crippen LogP contribution in [0.1, 0.15) is 12.5 Å². The molecule has 0 bridgehead atoms. The van der Waals surface area contributed by atoms with E-state index in [1.807, 2.05) is 6.92 Å². The summed E-state index contributed by atoms with van der Waals surface area (Å²) in [7, 11) is 0. The van der Waals surface area contributed by atoms with Crippen LogP contribution in [0.5, 0.6) is 5.75 Å². The summed E-state index contributed by atoms with van der Waals surface area (Å²) in [6, 6.07) is 4.26. The van der Waals surface area contributed by atoms with Crippen LogP contribution >= 0.6 is 0 Å². The van der Waals surface area contributed by atoms with Crippen LogP contribution in [-0.4, -0.2) is 24.9 Å². The Morgan fingerprint density at radius 1 is 1.47 bits per heavy atom. The van der Waals surface area contributed by atoms with Crippen LogP contribution in [0.15, 0.2) is 18.2 Å². The molecule has 0 aromatic heterocycles. The Balaban J connectivity index is 2.30. The van der Waals surface area contributed by atoms with Crippen molar-refractivity contribution in [3.8, 4) is 5.75 Å². The number of rotatable bonds is 3. The van der Waals surface area contributed by atoms with E-state index in [9.17, 15) is 9.50 Å². The number of hydrogen-bond acceptors (Lipinski definition) is 3. The van der Waals surface area contributed by atoms with Gasteiger partial charge in [-0.2, -0.15) is 0 Å². The molecular weight excluding hydrogens is 199 g/mol. The highest BCUT2D eigenvalue weighted by Crippen LogP contribution is 2.32. The average Bonchev–Trinajstić information content (AvgIpc) is 2.14. The van der Waals surface area contributed by atoms with E-state index in [1.165, 1.54) is 12.1 Å². The van der Waals surface area contributed by atoms with E-state index in [4.69, 9.17) is 9.47 Å². The molecule has 1 saturated heterocycles. The van der Waals surface area contributed by atoms with Crippen LogP contribution < -0.4 is 4.74 Å². The van der Waals surface area contributed by atoms with Crippen LogP contribution in [0.3, 0.4) is 0 Å². The molecule has 0 amide bonds. The molecule has 1 aliphatic heterocycles. The molecule has 0 radical (unpaired) electrons. The Kier molecular flexibility index (Phi) is 2.63. The maximum absolute atomic E-state index is 13.2. The van der Waals surface area contributed by atoms with Crippen molar-refractivity contribution in [2.24, 2.45) is 0 Å². The molecule has 1 aromatic rings. The van der Waals surface area contributed by atoms with E-state index >= 15 is 0 Å². The summed E-state index contributed by atoms with van der Waals surface area (Å²) in [4.78, 5) is 0. The van der Waals surface area contributed by atoms with Gasteiger partial charge in [0.2, 0.25) is 0 Å². The molecule has 2 rings (SSSR count). The van der Waals surface area contributed by atoms with Crippen LogP contribution in [0.2, 0.25) is 0 Å². The fourth-order valence-corrected chi connectivity index (χ4v) is 1.54. The van der Waals surface area contributed by atoms with Crippen molar-refractivity contribution in [3.63, 3.8) is 0 Å². The zero-order valence-corrected chi connectivity index (χ0v) is 8.50. The third-order valence-corrected chi connectivity index (χ3v) is 2.40. The quantitative estimate of drug-likeness (QED) is 0.824. The Morgan fingerprint density at radius 2 is 2.20 bits per heavy atom. The SMILES string of the molecule is CCOc1cc(F)cc(C2(O)COC2)c1. The van der Waals surface area contributed by atoms with Crippen LogP contribution in [0.25, 0.3) is 0 Å². The van der Waals surface area contributed by atoms with Gasteiger partial charge in [-0.3, -0.25) is 0 Å². The fraction of sp³-hybridized carbons (Fsp3) is 0.455. The highest BCUT2D eigenvalue weighted by molar-refractivity contribution is 5.34. The van der Waals surface area contributed by atoms with E-state index in [0.717, 1.165) is 0 Å². The summed E-state index contributed by atoms with van der Waals surface area (Å²) >= 11 is 0. The second kappa shape index (κ2) is 3.79. The molecule has 0 saturated carbocycles. The van der Waals surface area contributed by atoms with E-state index in [0.29, 0.717) is 17.9 Å². The predicted octanol–water partition coefficient (Wildman–Crippen LogP) is 1.44. The molecule has 1 aliphatic rings. The van der Waals surface area contributed by atoms with Crippen molar-refractivity contribution in [1.82, 2.24) is 0 Å². The van der Waals surface area contributed by atoms with Crippen LogP contribution in [0.4, 0.5) is 4.39 Å². The van der Waals surface area contributed by atoms with Gasteiger partial charge in [0.1, 0.15) is 17.2 Å². The summed E-state index contributed by atoms with van der Waals surface area (Å²) < 4.78 is 23.3. The number of halogens is 1. The monoisotopic (exact) mass is 212 g/mol. The standard InChI is InChI=1S/C11H13FO3/c1-2-15-10-4-8(3-9(12)5-10)11(13)6-14-7-11/h3-5,13H,2,6-7H2,1H3. The summed E-state index contributed by atoms with van der Waals surface area (Å²) in [5, 5.41) is 9.95. The molecular formula is C11H13FO3. The molecule has 0 unspecified atom stereocenters. The van der Waals surface area contributed by atoms with Crippen molar-refractivity contribution in [1.29, 1.82) is 0 Å². The molecule has 1 fully saturated rings. The van der Waals surface area contributed by atoms with E-state index in [1.54, 1.807) is 6.07 Å². The lowest BCUT2D eigenvalue weighted by atomic mass is 9.92. The first-order valence-electron chi connectivity index (χ1n) is 4.88. The number of aliphatic hydroxyl groups is 1. The van der Waals surface area contributed by atoms with E-state index in [2.05, 4.69) is 0 Å². The van der Waals surface area contributed by atoms with Gasteiger partial charge in [-0.15, -0.1) is 0 Å². The van der Waals surface area contributed by atoms with Gasteiger partial charge < -0.3 is 14.6 Å². The van der Waals surface area contributed by atoms with Gasteiger partial charge in [-0.25, -0.2) is 4.39 Å². The van der Waals surface area contributed by atoms with Crippen LogP contribution in [-0.2, 0) is 10.3 Å². The molecule has 1 aromatic carbocycles. The molecule has 82 valence electrons. The zero-order valence-electron chi connectivity index (χ0n) is 8.50. The second-order valence-electron chi connectivity index (χ2n) is 3.63. The van der Waals surface area contributed by atoms with Gasteiger partial charge in [0.25, 0.3) is 0 Å². The average molecular weight is 212 g/mol. The molecule has 1 N–H and O–H groups in total. The smallest absolute Gasteiger partial charge is 0.136 e. The Bertz CT molecular complexity index is 361. The van der Waals surface area contributed by atoms with Crippen molar-refractivity contribution in [2.45, 2.75) is 12.5 Å². The lowest BCUT2D eigenvalue weighted by molar-refractivity contribution is -0.184. The maximum Gasteiger partial charge on any atom is 0.136 e. The van der Waals surface area contributed by atoms with Crippen molar-refractivity contribution >= 4 is 0 Å². The normalized spacial score (nSPS) is 18.3. The maximum atomic E-state index is 13.2. The topological polar surface area (TPSA) is 38.7 Å². The summed E-state index contributed by atoms with van der Waals surface area (Å²) in [6.07, 6.45) is 0. The van der Waals surface area contributed by atoms with Crippen molar-refractivity contribution in [3.05, 3.63) is 29.6 Å². The first kappa shape index (κ1) is 10.4. The third-order valence-electron chi connectivity index (χ3n) is 2.40. The molecule has 0 spiro atoms.